The third kappa shape index (κ3) is 3.66. The molecule has 1 aromatic rings. The second-order valence-electron chi connectivity index (χ2n) is 3.89. The van der Waals surface area contributed by atoms with Crippen LogP contribution in [0.2, 0.25) is 0 Å². The van der Waals surface area contributed by atoms with E-state index in [1.54, 1.807) is 6.07 Å². The maximum Gasteiger partial charge on any atom is 0.335 e. The van der Waals surface area contributed by atoms with E-state index in [1.165, 1.54) is 19.2 Å². The summed E-state index contributed by atoms with van der Waals surface area (Å²) in [6, 6.07) is 4.61. The third-order valence-electron chi connectivity index (χ3n) is 2.43. The van der Waals surface area contributed by atoms with Crippen molar-refractivity contribution in [3.63, 3.8) is 0 Å². The second kappa shape index (κ2) is 6.13. The Morgan fingerprint density at radius 1 is 1.41 bits per heavy atom. The van der Waals surface area contributed by atoms with Gasteiger partial charge in [0.25, 0.3) is 0 Å². The molecule has 1 N–H and O–H groups in total. The fourth-order valence-corrected chi connectivity index (χ4v) is 1.58. The van der Waals surface area contributed by atoms with E-state index in [4.69, 9.17) is 14.6 Å². The summed E-state index contributed by atoms with van der Waals surface area (Å²) >= 11 is 0. The van der Waals surface area contributed by atoms with Crippen LogP contribution >= 0.6 is 0 Å². The van der Waals surface area contributed by atoms with Gasteiger partial charge in [0, 0.05) is 0 Å². The van der Waals surface area contributed by atoms with Gasteiger partial charge in [-0.2, -0.15) is 0 Å². The lowest BCUT2D eigenvalue weighted by molar-refractivity contribution is 0.0696. The molecule has 0 saturated carbocycles. The lowest BCUT2D eigenvalue weighted by atomic mass is 10.2. The molecule has 0 fully saturated rings. The summed E-state index contributed by atoms with van der Waals surface area (Å²) in [5.74, 6) is 0.0581. The maximum atomic E-state index is 10.8. The SMILES string of the molecule is CCCC(C)Oc1ccc(C(=O)O)cc1OC. The number of rotatable bonds is 6. The van der Waals surface area contributed by atoms with Gasteiger partial charge >= 0.3 is 5.97 Å². The summed E-state index contributed by atoms with van der Waals surface area (Å²) in [6.45, 7) is 4.07. The van der Waals surface area contributed by atoms with Crippen LogP contribution in [0.15, 0.2) is 18.2 Å². The molecular formula is C13H18O4. The van der Waals surface area contributed by atoms with E-state index >= 15 is 0 Å². The molecule has 1 rings (SSSR count). The maximum absolute atomic E-state index is 10.8. The summed E-state index contributed by atoms with van der Waals surface area (Å²) in [6.07, 6.45) is 2.07. The van der Waals surface area contributed by atoms with Gasteiger partial charge in [-0.25, -0.2) is 4.79 Å². The highest BCUT2D eigenvalue weighted by Gasteiger charge is 2.12. The molecule has 0 aliphatic carbocycles. The van der Waals surface area contributed by atoms with E-state index in [2.05, 4.69) is 6.92 Å². The van der Waals surface area contributed by atoms with Crippen LogP contribution in [0.3, 0.4) is 0 Å². The molecular weight excluding hydrogens is 220 g/mol. The van der Waals surface area contributed by atoms with Gasteiger partial charge in [0.05, 0.1) is 18.8 Å². The Bertz CT molecular complexity index is 387. The molecule has 0 bridgehead atoms. The Labute approximate surface area is 101 Å². The molecule has 0 amide bonds. The van der Waals surface area contributed by atoms with Crippen molar-refractivity contribution in [1.29, 1.82) is 0 Å². The molecule has 94 valence electrons. The minimum atomic E-state index is -0.976. The van der Waals surface area contributed by atoms with Crippen LogP contribution in [0.5, 0.6) is 11.5 Å². The Hall–Kier alpha value is -1.71. The van der Waals surface area contributed by atoms with Crippen LogP contribution in [0.25, 0.3) is 0 Å². The molecule has 0 radical (unpaired) electrons. The van der Waals surface area contributed by atoms with E-state index in [-0.39, 0.29) is 11.7 Å². The van der Waals surface area contributed by atoms with E-state index in [9.17, 15) is 4.79 Å². The normalized spacial score (nSPS) is 11.9. The number of ether oxygens (including phenoxy) is 2. The molecule has 4 nitrogen and oxygen atoms in total. The first kappa shape index (κ1) is 13.4. The van der Waals surface area contributed by atoms with Crippen LogP contribution in [-0.4, -0.2) is 24.3 Å². The number of benzene rings is 1. The molecule has 1 aromatic carbocycles. The van der Waals surface area contributed by atoms with E-state index < -0.39 is 5.97 Å². The number of carboxylic acids is 1. The summed E-state index contributed by atoms with van der Waals surface area (Å²) < 4.78 is 10.8. The standard InChI is InChI=1S/C13H18O4/c1-4-5-9(2)17-11-7-6-10(13(14)15)8-12(11)16-3/h6-9H,4-5H2,1-3H3,(H,14,15). The van der Waals surface area contributed by atoms with E-state index in [1.807, 2.05) is 6.92 Å². The van der Waals surface area contributed by atoms with Crippen molar-refractivity contribution in [2.24, 2.45) is 0 Å². The van der Waals surface area contributed by atoms with Gasteiger partial charge in [0.2, 0.25) is 0 Å². The average Bonchev–Trinajstić information content (AvgIpc) is 2.29. The highest BCUT2D eigenvalue weighted by Crippen LogP contribution is 2.29. The number of hydrogen-bond donors (Lipinski definition) is 1. The summed E-state index contributed by atoms with van der Waals surface area (Å²) in [7, 11) is 1.50. The van der Waals surface area contributed by atoms with Crippen molar-refractivity contribution in [2.45, 2.75) is 32.8 Å². The number of carbonyl (C=O) groups is 1. The van der Waals surface area contributed by atoms with Crippen molar-refractivity contribution >= 4 is 5.97 Å². The van der Waals surface area contributed by atoms with E-state index in [0.29, 0.717) is 11.5 Å². The largest absolute Gasteiger partial charge is 0.493 e. The third-order valence-corrected chi connectivity index (χ3v) is 2.43. The van der Waals surface area contributed by atoms with Gasteiger partial charge in [-0.15, -0.1) is 0 Å². The predicted octanol–water partition coefficient (Wildman–Crippen LogP) is 2.96. The van der Waals surface area contributed by atoms with Gasteiger partial charge < -0.3 is 14.6 Å². The first-order chi connectivity index (χ1) is 8.08. The Kier molecular flexibility index (Phi) is 4.82. The van der Waals surface area contributed by atoms with Gasteiger partial charge in [-0.05, 0) is 31.5 Å². The van der Waals surface area contributed by atoms with Crippen LogP contribution in [0.1, 0.15) is 37.0 Å². The summed E-state index contributed by atoms with van der Waals surface area (Å²) in [4.78, 5) is 10.8. The minimum Gasteiger partial charge on any atom is -0.493 e. The highest BCUT2D eigenvalue weighted by molar-refractivity contribution is 5.88. The lowest BCUT2D eigenvalue weighted by Crippen LogP contribution is -2.12. The molecule has 0 aliphatic rings. The van der Waals surface area contributed by atoms with Crippen LogP contribution in [0.4, 0.5) is 0 Å². The topological polar surface area (TPSA) is 55.8 Å². The van der Waals surface area contributed by atoms with Crippen LogP contribution in [-0.2, 0) is 0 Å². The second-order valence-corrected chi connectivity index (χ2v) is 3.89. The zero-order valence-electron chi connectivity index (χ0n) is 10.4. The Morgan fingerprint density at radius 2 is 2.12 bits per heavy atom. The Balaban J connectivity index is 2.88. The fraction of sp³-hybridized carbons (Fsp3) is 0.462. The zero-order valence-corrected chi connectivity index (χ0v) is 10.4. The number of methoxy groups -OCH3 is 1. The van der Waals surface area contributed by atoms with Crippen LogP contribution in [0, 0.1) is 0 Å². The van der Waals surface area contributed by atoms with Crippen LogP contribution < -0.4 is 9.47 Å². The molecule has 4 heteroatoms. The molecule has 0 spiro atoms. The first-order valence-electron chi connectivity index (χ1n) is 5.66. The molecule has 0 aliphatic heterocycles. The monoisotopic (exact) mass is 238 g/mol. The lowest BCUT2D eigenvalue weighted by Gasteiger charge is -2.16. The van der Waals surface area contributed by atoms with Gasteiger partial charge in [0.1, 0.15) is 0 Å². The molecule has 1 unspecified atom stereocenters. The number of aromatic carboxylic acids is 1. The quantitative estimate of drug-likeness (QED) is 0.827. The summed E-state index contributed by atoms with van der Waals surface area (Å²) in [5, 5.41) is 8.87. The molecule has 0 heterocycles. The van der Waals surface area contributed by atoms with Crippen molar-refractivity contribution in [1.82, 2.24) is 0 Å². The Morgan fingerprint density at radius 3 is 2.65 bits per heavy atom. The smallest absolute Gasteiger partial charge is 0.335 e. The van der Waals surface area contributed by atoms with Crippen molar-refractivity contribution in [2.75, 3.05) is 7.11 Å². The highest BCUT2D eigenvalue weighted by atomic mass is 16.5. The minimum absolute atomic E-state index is 0.0876. The average molecular weight is 238 g/mol. The van der Waals surface area contributed by atoms with Gasteiger partial charge in [-0.1, -0.05) is 13.3 Å². The van der Waals surface area contributed by atoms with Gasteiger partial charge in [0.15, 0.2) is 11.5 Å². The first-order valence-corrected chi connectivity index (χ1v) is 5.66. The number of carboxylic acid groups (broad SMARTS) is 1. The van der Waals surface area contributed by atoms with Crippen molar-refractivity contribution in [3.05, 3.63) is 23.8 Å². The van der Waals surface area contributed by atoms with Gasteiger partial charge in [-0.3, -0.25) is 0 Å². The molecule has 17 heavy (non-hydrogen) atoms. The molecule has 1 atom stereocenters. The number of hydrogen-bond acceptors (Lipinski definition) is 3. The van der Waals surface area contributed by atoms with Crippen molar-refractivity contribution < 1.29 is 19.4 Å². The molecule has 0 aromatic heterocycles. The van der Waals surface area contributed by atoms with Crippen molar-refractivity contribution in [3.8, 4) is 11.5 Å². The van der Waals surface area contributed by atoms with E-state index in [0.717, 1.165) is 12.8 Å². The zero-order chi connectivity index (χ0) is 12.8. The predicted molar refractivity (Wildman–Crippen MR) is 65.0 cm³/mol. The fourth-order valence-electron chi connectivity index (χ4n) is 1.58. The molecule has 0 saturated heterocycles. The summed E-state index contributed by atoms with van der Waals surface area (Å²) in [5.41, 5.74) is 0.192.